The minimum atomic E-state index is -0.483. The van der Waals surface area contributed by atoms with Crippen molar-refractivity contribution in [2.75, 3.05) is 26.9 Å². The van der Waals surface area contributed by atoms with Crippen LogP contribution >= 0.6 is 0 Å². The number of hydrogen-bond acceptors (Lipinski definition) is 7. The Labute approximate surface area is 173 Å². The third kappa shape index (κ3) is 3.83. The van der Waals surface area contributed by atoms with E-state index >= 15 is 0 Å². The molecule has 1 aliphatic heterocycles. The topological polar surface area (TPSA) is 84.2 Å². The third-order valence-corrected chi connectivity index (χ3v) is 4.97. The first-order chi connectivity index (χ1) is 14.6. The largest absolute Gasteiger partial charge is 0.490 e. The number of hydrogen-bond donors (Lipinski definition) is 0. The number of aryl methyl sites for hydroxylation is 1. The Bertz CT molecular complexity index is 1150. The van der Waals surface area contributed by atoms with Gasteiger partial charge in [0.2, 0.25) is 5.43 Å². The van der Waals surface area contributed by atoms with Crippen LogP contribution in [0.15, 0.2) is 45.8 Å². The smallest absolute Gasteiger partial charge is 0.343 e. The van der Waals surface area contributed by atoms with Gasteiger partial charge in [0, 0.05) is 12.5 Å². The van der Waals surface area contributed by atoms with Crippen LogP contribution in [0.3, 0.4) is 0 Å². The predicted octanol–water partition coefficient (Wildman–Crippen LogP) is 3.74. The molecule has 0 saturated carbocycles. The van der Waals surface area contributed by atoms with E-state index in [1.165, 1.54) is 13.4 Å². The molecule has 0 fully saturated rings. The van der Waals surface area contributed by atoms with E-state index in [9.17, 15) is 9.59 Å². The van der Waals surface area contributed by atoms with Crippen molar-refractivity contribution in [3.63, 3.8) is 0 Å². The number of rotatable bonds is 5. The molecule has 7 heteroatoms. The summed E-state index contributed by atoms with van der Waals surface area (Å²) in [4.78, 5) is 24.6. The molecule has 4 rings (SSSR count). The van der Waals surface area contributed by atoms with Gasteiger partial charge in [0.15, 0.2) is 18.1 Å². The van der Waals surface area contributed by atoms with Crippen LogP contribution < -0.4 is 19.6 Å². The van der Waals surface area contributed by atoms with E-state index in [1.54, 1.807) is 24.3 Å². The summed E-state index contributed by atoms with van der Waals surface area (Å²) in [6.07, 6.45) is 2.86. The van der Waals surface area contributed by atoms with Crippen molar-refractivity contribution < 1.29 is 28.2 Å². The molecule has 0 radical (unpaired) electrons. The number of benzene rings is 2. The van der Waals surface area contributed by atoms with Crippen molar-refractivity contribution in [3.05, 3.63) is 52.4 Å². The van der Waals surface area contributed by atoms with Crippen LogP contribution in [-0.4, -0.2) is 32.9 Å². The minimum absolute atomic E-state index is 0.153. The molecule has 0 amide bonds. The van der Waals surface area contributed by atoms with Crippen LogP contribution in [0.25, 0.3) is 22.1 Å². The molecule has 0 aliphatic carbocycles. The molecule has 0 bridgehead atoms. The SMILES string of the molecule is CCc1cc2c(=O)c(-c3ccc4c(c3)OCCCO4)coc2cc1OCC(=O)OC. The summed E-state index contributed by atoms with van der Waals surface area (Å²) in [7, 11) is 1.30. The van der Waals surface area contributed by atoms with Gasteiger partial charge in [-0.1, -0.05) is 13.0 Å². The molecule has 1 aromatic heterocycles. The molecular formula is C23H22O7. The van der Waals surface area contributed by atoms with Gasteiger partial charge in [-0.2, -0.15) is 0 Å². The lowest BCUT2D eigenvalue weighted by molar-refractivity contribution is -0.142. The van der Waals surface area contributed by atoms with Crippen molar-refractivity contribution in [1.29, 1.82) is 0 Å². The number of carbonyl (C=O) groups excluding carboxylic acids is 1. The Hall–Kier alpha value is -3.48. The van der Waals surface area contributed by atoms with Gasteiger partial charge in [0.05, 0.1) is 31.3 Å². The second-order valence-corrected chi connectivity index (χ2v) is 6.86. The first-order valence-corrected chi connectivity index (χ1v) is 9.78. The molecular weight excluding hydrogens is 388 g/mol. The highest BCUT2D eigenvalue weighted by atomic mass is 16.6. The van der Waals surface area contributed by atoms with Crippen LogP contribution in [0.2, 0.25) is 0 Å². The molecule has 1 aliphatic rings. The molecule has 0 saturated heterocycles. The van der Waals surface area contributed by atoms with E-state index < -0.39 is 5.97 Å². The maximum Gasteiger partial charge on any atom is 0.343 e. The fourth-order valence-electron chi connectivity index (χ4n) is 3.34. The van der Waals surface area contributed by atoms with E-state index in [4.69, 9.17) is 18.6 Å². The first-order valence-electron chi connectivity index (χ1n) is 9.78. The quantitative estimate of drug-likeness (QED) is 0.593. The number of fused-ring (bicyclic) bond motifs is 2. The van der Waals surface area contributed by atoms with Crippen LogP contribution in [0.5, 0.6) is 17.2 Å². The highest BCUT2D eigenvalue weighted by Crippen LogP contribution is 2.34. The number of carbonyl (C=O) groups is 1. The third-order valence-electron chi connectivity index (χ3n) is 4.97. The molecule has 2 aromatic carbocycles. The monoisotopic (exact) mass is 410 g/mol. The first kappa shape index (κ1) is 19.8. The molecule has 30 heavy (non-hydrogen) atoms. The van der Waals surface area contributed by atoms with Crippen LogP contribution in [0.4, 0.5) is 0 Å². The zero-order chi connectivity index (χ0) is 21.1. The van der Waals surface area contributed by atoms with Crippen molar-refractivity contribution in [2.24, 2.45) is 0 Å². The van der Waals surface area contributed by atoms with E-state index in [-0.39, 0.29) is 12.0 Å². The van der Waals surface area contributed by atoms with Crippen LogP contribution in [0.1, 0.15) is 18.9 Å². The predicted molar refractivity (Wildman–Crippen MR) is 110 cm³/mol. The summed E-state index contributed by atoms with van der Waals surface area (Å²) in [6, 6.07) is 8.81. The second kappa shape index (κ2) is 8.49. The van der Waals surface area contributed by atoms with Gasteiger partial charge in [0.1, 0.15) is 17.6 Å². The number of ether oxygens (including phenoxy) is 4. The average Bonchev–Trinajstić information content (AvgIpc) is 3.02. The van der Waals surface area contributed by atoms with Gasteiger partial charge in [-0.15, -0.1) is 0 Å². The zero-order valence-corrected chi connectivity index (χ0v) is 16.9. The molecule has 7 nitrogen and oxygen atoms in total. The Morgan fingerprint density at radius 3 is 2.67 bits per heavy atom. The average molecular weight is 410 g/mol. The molecule has 0 spiro atoms. The van der Waals surface area contributed by atoms with Gasteiger partial charge >= 0.3 is 5.97 Å². The summed E-state index contributed by atoms with van der Waals surface area (Å²) < 4.78 is 27.3. The maximum atomic E-state index is 13.2. The minimum Gasteiger partial charge on any atom is -0.490 e. The van der Waals surface area contributed by atoms with Crippen LogP contribution in [0, 0.1) is 0 Å². The number of esters is 1. The molecule has 2 heterocycles. The van der Waals surface area contributed by atoms with Crippen LogP contribution in [-0.2, 0) is 16.0 Å². The van der Waals surface area contributed by atoms with Crippen molar-refractivity contribution in [1.82, 2.24) is 0 Å². The molecule has 3 aromatic rings. The van der Waals surface area contributed by atoms with E-state index in [0.717, 1.165) is 12.0 Å². The van der Waals surface area contributed by atoms with E-state index in [2.05, 4.69) is 4.74 Å². The summed E-state index contributed by atoms with van der Waals surface area (Å²) in [6.45, 7) is 2.90. The molecule has 0 N–H and O–H groups in total. The molecule has 0 atom stereocenters. The van der Waals surface area contributed by atoms with Gasteiger partial charge in [0.25, 0.3) is 0 Å². The zero-order valence-electron chi connectivity index (χ0n) is 16.9. The summed E-state index contributed by atoms with van der Waals surface area (Å²) >= 11 is 0. The highest BCUT2D eigenvalue weighted by molar-refractivity contribution is 5.84. The standard InChI is InChI=1S/C23H22O7/c1-3-14-9-16-20(11-19(14)30-13-22(24)26-2)29-12-17(23(16)25)15-5-6-18-21(10-15)28-8-4-7-27-18/h5-6,9-12H,3-4,7-8,13H2,1-2H3. The van der Waals surface area contributed by atoms with Gasteiger partial charge in [-0.05, 0) is 35.7 Å². The van der Waals surface area contributed by atoms with Gasteiger partial charge < -0.3 is 23.4 Å². The lowest BCUT2D eigenvalue weighted by atomic mass is 10.0. The fourth-order valence-corrected chi connectivity index (χ4v) is 3.34. The lowest BCUT2D eigenvalue weighted by Crippen LogP contribution is -2.13. The Kier molecular flexibility index (Phi) is 5.61. The van der Waals surface area contributed by atoms with E-state index in [1.807, 2.05) is 13.0 Å². The highest BCUT2D eigenvalue weighted by Gasteiger charge is 2.17. The second-order valence-electron chi connectivity index (χ2n) is 6.86. The van der Waals surface area contributed by atoms with Gasteiger partial charge in [-0.3, -0.25) is 4.79 Å². The fraction of sp³-hybridized carbons (Fsp3) is 0.304. The Morgan fingerprint density at radius 2 is 1.90 bits per heavy atom. The van der Waals surface area contributed by atoms with Crippen molar-refractivity contribution >= 4 is 16.9 Å². The van der Waals surface area contributed by atoms with E-state index in [0.29, 0.717) is 59.0 Å². The molecule has 156 valence electrons. The Morgan fingerprint density at radius 1 is 1.10 bits per heavy atom. The maximum absolute atomic E-state index is 13.2. The molecule has 0 unspecified atom stereocenters. The summed E-state index contributed by atoms with van der Waals surface area (Å²) in [5.74, 6) is 1.29. The van der Waals surface area contributed by atoms with Crippen molar-refractivity contribution in [2.45, 2.75) is 19.8 Å². The summed E-state index contributed by atoms with van der Waals surface area (Å²) in [5.41, 5.74) is 2.16. The van der Waals surface area contributed by atoms with Crippen molar-refractivity contribution in [3.8, 4) is 28.4 Å². The lowest BCUT2D eigenvalue weighted by Gasteiger charge is -2.12. The summed E-state index contributed by atoms with van der Waals surface area (Å²) in [5, 5.41) is 0.446. The number of methoxy groups -OCH3 is 1. The normalized spacial score (nSPS) is 13.0. The van der Waals surface area contributed by atoms with Gasteiger partial charge in [-0.25, -0.2) is 4.79 Å². The Balaban J connectivity index is 1.75.